The van der Waals surface area contributed by atoms with E-state index < -0.39 is 5.97 Å². The molecule has 1 amide bonds. The van der Waals surface area contributed by atoms with Crippen molar-refractivity contribution in [3.05, 3.63) is 64.7 Å². The topological polar surface area (TPSA) is 120 Å². The Morgan fingerprint density at radius 1 is 1.13 bits per heavy atom. The largest absolute Gasteiger partial charge is 0.481 e. The number of likely N-dealkylation sites (tertiary alicyclic amines) is 1. The Morgan fingerprint density at radius 3 is 2.47 bits per heavy atom. The van der Waals surface area contributed by atoms with Gasteiger partial charge in [0.15, 0.2) is 0 Å². The molecule has 0 radical (unpaired) electrons. The number of carboxylic acid groups (broad SMARTS) is 1. The molecular weight excluding hydrogens is 380 g/mol. The van der Waals surface area contributed by atoms with Crippen LogP contribution in [0.5, 0.6) is 0 Å². The van der Waals surface area contributed by atoms with E-state index in [4.69, 9.17) is 11.1 Å². The maximum Gasteiger partial charge on any atom is 0.307 e. The summed E-state index contributed by atoms with van der Waals surface area (Å²) >= 11 is 0. The summed E-state index contributed by atoms with van der Waals surface area (Å²) in [5.41, 5.74) is 8.53. The van der Waals surface area contributed by atoms with Gasteiger partial charge in [-0.3, -0.25) is 15.0 Å². The van der Waals surface area contributed by atoms with E-state index in [2.05, 4.69) is 17.2 Å². The zero-order chi connectivity index (χ0) is 21.5. The minimum Gasteiger partial charge on any atom is -0.481 e. The Morgan fingerprint density at radius 2 is 1.83 bits per heavy atom. The number of nitrogens with zero attached hydrogens (tertiary/aromatic N) is 1. The summed E-state index contributed by atoms with van der Waals surface area (Å²) in [6.07, 6.45) is 1.74. The molecule has 0 unspecified atom stereocenters. The van der Waals surface area contributed by atoms with Gasteiger partial charge in [-0.05, 0) is 60.9 Å². The number of nitrogen functional groups attached to an aromatic ring is 1. The van der Waals surface area contributed by atoms with Crippen molar-refractivity contribution in [3.63, 3.8) is 0 Å². The maximum absolute atomic E-state index is 12.7. The van der Waals surface area contributed by atoms with Crippen LogP contribution in [0.15, 0.2) is 42.5 Å². The molecule has 154 valence electrons. The zero-order valence-corrected chi connectivity index (χ0v) is 16.6. The number of rotatable bonds is 6. The lowest BCUT2D eigenvalue weighted by molar-refractivity contribution is -0.136. The van der Waals surface area contributed by atoms with E-state index in [0.717, 1.165) is 18.5 Å². The minimum absolute atomic E-state index is 0.0187. The fourth-order valence-electron chi connectivity index (χ4n) is 3.34. The molecule has 0 saturated carbocycles. The van der Waals surface area contributed by atoms with Gasteiger partial charge in [0.05, 0.1) is 13.0 Å². The summed E-state index contributed by atoms with van der Waals surface area (Å²) in [6.45, 7) is 1.82. The standard InChI is InChI=1S/C23H24N4O3/c24-22(25)17-6-8-19(9-7-17)26-11-3-4-16-5-10-20(18(14-16)15-21(28)29)23(30)27-12-1-2-13-27/h5-10,14,26H,1-2,11-13,15H2,(H3,24,25)(H,28,29). The highest BCUT2D eigenvalue weighted by Gasteiger charge is 2.22. The molecule has 0 aliphatic carbocycles. The summed E-state index contributed by atoms with van der Waals surface area (Å²) in [5.74, 6) is 4.94. The summed E-state index contributed by atoms with van der Waals surface area (Å²) in [6, 6.07) is 12.3. The highest BCUT2D eigenvalue weighted by molar-refractivity contribution is 5.97. The van der Waals surface area contributed by atoms with Crippen LogP contribution in [0.25, 0.3) is 0 Å². The van der Waals surface area contributed by atoms with Gasteiger partial charge in [0.1, 0.15) is 5.84 Å². The molecular formula is C23H24N4O3. The molecule has 3 rings (SSSR count). The van der Waals surface area contributed by atoms with Gasteiger partial charge >= 0.3 is 5.97 Å². The first-order chi connectivity index (χ1) is 14.4. The van der Waals surface area contributed by atoms with E-state index in [1.54, 1.807) is 35.2 Å². The molecule has 0 bridgehead atoms. The summed E-state index contributed by atoms with van der Waals surface area (Å²) < 4.78 is 0. The molecule has 1 heterocycles. The number of hydrogen-bond donors (Lipinski definition) is 4. The zero-order valence-electron chi connectivity index (χ0n) is 16.6. The van der Waals surface area contributed by atoms with Crippen molar-refractivity contribution in [2.45, 2.75) is 19.3 Å². The lowest BCUT2D eigenvalue weighted by Gasteiger charge is -2.17. The molecule has 0 atom stereocenters. The van der Waals surface area contributed by atoms with E-state index in [-0.39, 0.29) is 18.2 Å². The Hall–Kier alpha value is -3.79. The van der Waals surface area contributed by atoms with Crippen molar-refractivity contribution >= 4 is 23.4 Å². The fourth-order valence-corrected chi connectivity index (χ4v) is 3.34. The van der Waals surface area contributed by atoms with Crippen molar-refractivity contribution in [1.82, 2.24) is 4.90 Å². The normalized spacial score (nSPS) is 12.7. The van der Waals surface area contributed by atoms with Crippen LogP contribution in [-0.2, 0) is 11.2 Å². The second kappa shape index (κ2) is 9.61. The lowest BCUT2D eigenvalue weighted by Crippen LogP contribution is -2.28. The third kappa shape index (κ3) is 5.39. The number of nitrogens with two attached hydrogens (primary N) is 1. The van der Waals surface area contributed by atoms with E-state index in [9.17, 15) is 14.7 Å². The van der Waals surface area contributed by atoms with Gasteiger partial charge in [-0.1, -0.05) is 11.8 Å². The van der Waals surface area contributed by atoms with Crippen LogP contribution in [0.1, 0.15) is 39.9 Å². The fraction of sp³-hybridized carbons (Fsp3) is 0.261. The monoisotopic (exact) mass is 404 g/mol. The van der Waals surface area contributed by atoms with Crippen LogP contribution >= 0.6 is 0 Å². The van der Waals surface area contributed by atoms with Crippen molar-refractivity contribution in [1.29, 1.82) is 5.41 Å². The first-order valence-electron chi connectivity index (χ1n) is 9.75. The second-order valence-electron chi connectivity index (χ2n) is 7.09. The summed E-state index contributed by atoms with van der Waals surface area (Å²) in [7, 11) is 0. The first-order valence-corrected chi connectivity index (χ1v) is 9.75. The number of carboxylic acids is 1. The molecule has 5 N–H and O–H groups in total. The molecule has 1 saturated heterocycles. The van der Waals surface area contributed by atoms with Gasteiger partial charge in [0, 0.05) is 35.5 Å². The van der Waals surface area contributed by atoms with Crippen molar-refractivity contribution in [2.24, 2.45) is 5.73 Å². The van der Waals surface area contributed by atoms with Crippen LogP contribution in [0.2, 0.25) is 0 Å². The second-order valence-corrected chi connectivity index (χ2v) is 7.09. The van der Waals surface area contributed by atoms with Crippen LogP contribution < -0.4 is 11.1 Å². The molecule has 0 spiro atoms. The highest BCUT2D eigenvalue weighted by atomic mass is 16.4. The third-order valence-electron chi connectivity index (χ3n) is 4.88. The third-order valence-corrected chi connectivity index (χ3v) is 4.88. The molecule has 2 aromatic carbocycles. The van der Waals surface area contributed by atoms with E-state index in [1.165, 1.54) is 0 Å². The number of amidine groups is 1. The Bertz CT molecular complexity index is 1010. The Kier molecular flexibility index (Phi) is 6.71. The number of carbonyl (C=O) groups excluding carboxylic acids is 1. The van der Waals surface area contributed by atoms with E-state index >= 15 is 0 Å². The molecule has 1 aliphatic rings. The number of anilines is 1. The molecule has 7 heteroatoms. The number of benzene rings is 2. The molecule has 0 aromatic heterocycles. The van der Waals surface area contributed by atoms with Crippen LogP contribution in [-0.4, -0.2) is 47.4 Å². The van der Waals surface area contributed by atoms with Crippen LogP contribution in [0, 0.1) is 17.3 Å². The van der Waals surface area contributed by atoms with Gasteiger partial charge in [0.2, 0.25) is 0 Å². The maximum atomic E-state index is 12.7. The van der Waals surface area contributed by atoms with E-state index in [1.807, 2.05) is 12.1 Å². The number of hydrogen-bond acceptors (Lipinski definition) is 4. The van der Waals surface area contributed by atoms with Gasteiger partial charge in [-0.2, -0.15) is 0 Å². The van der Waals surface area contributed by atoms with Gasteiger partial charge in [-0.15, -0.1) is 0 Å². The number of amides is 1. The number of aliphatic carboxylic acids is 1. The van der Waals surface area contributed by atoms with Gasteiger partial charge in [-0.25, -0.2) is 0 Å². The minimum atomic E-state index is -0.980. The SMILES string of the molecule is N=C(N)c1ccc(NCC#Cc2ccc(C(=O)N3CCCC3)c(CC(=O)O)c2)cc1. The predicted octanol–water partition coefficient (Wildman–Crippen LogP) is 2.30. The Labute approximate surface area is 175 Å². The van der Waals surface area contributed by atoms with Gasteiger partial charge in [0.25, 0.3) is 5.91 Å². The van der Waals surface area contributed by atoms with E-state index in [0.29, 0.717) is 41.9 Å². The number of carbonyl (C=O) groups is 2. The summed E-state index contributed by atoms with van der Waals surface area (Å²) in [4.78, 5) is 25.7. The molecule has 1 fully saturated rings. The van der Waals surface area contributed by atoms with Crippen LogP contribution in [0.4, 0.5) is 5.69 Å². The first kappa shape index (κ1) is 20.9. The molecule has 1 aliphatic heterocycles. The Balaban J connectivity index is 1.69. The average molecular weight is 404 g/mol. The van der Waals surface area contributed by atoms with Gasteiger partial charge < -0.3 is 21.1 Å². The van der Waals surface area contributed by atoms with Crippen molar-refractivity contribution in [2.75, 3.05) is 25.0 Å². The molecule has 30 heavy (non-hydrogen) atoms. The quantitative estimate of drug-likeness (QED) is 0.335. The summed E-state index contributed by atoms with van der Waals surface area (Å²) in [5, 5.41) is 19.8. The molecule has 7 nitrogen and oxygen atoms in total. The van der Waals surface area contributed by atoms with Crippen LogP contribution in [0.3, 0.4) is 0 Å². The average Bonchev–Trinajstić information content (AvgIpc) is 3.26. The molecule has 2 aromatic rings. The van der Waals surface area contributed by atoms with Crippen molar-refractivity contribution in [3.8, 4) is 11.8 Å². The highest BCUT2D eigenvalue weighted by Crippen LogP contribution is 2.18. The smallest absolute Gasteiger partial charge is 0.307 e. The lowest BCUT2D eigenvalue weighted by atomic mass is 10.00. The predicted molar refractivity (Wildman–Crippen MR) is 116 cm³/mol. The van der Waals surface area contributed by atoms with Crippen molar-refractivity contribution < 1.29 is 14.7 Å². The number of nitrogens with one attached hydrogen (secondary N) is 2.